The van der Waals surface area contributed by atoms with E-state index in [0.29, 0.717) is 35.0 Å². The second-order valence-corrected chi connectivity index (χ2v) is 15.1. The van der Waals surface area contributed by atoms with Crippen molar-refractivity contribution in [3.8, 4) is 5.75 Å². The second kappa shape index (κ2) is 11.5. The lowest BCUT2D eigenvalue weighted by atomic mass is 9.96. The van der Waals surface area contributed by atoms with Crippen molar-refractivity contribution in [3.63, 3.8) is 0 Å². The van der Waals surface area contributed by atoms with Crippen molar-refractivity contribution < 1.29 is 28.2 Å². The molecule has 3 atom stereocenters. The summed E-state index contributed by atoms with van der Waals surface area (Å²) in [5.41, 5.74) is 2.66. The molecule has 1 heterocycles. The number of hydrogen-bond acceptors (Lipinski definition) is 6. The minimum Gasteiger partial charge on any atom is -0.426 e. The smallest absolute Gasteiger partial charge is 0.308 e. The standard InChI is InChI=1S/C25H40O6Si/c1-16(2)32(17(3)4,18(5)6)31-22-13-21(30-25(14-22)28-8)12-20-10-9-11-24(23(20)15-26)29-19(7)27/h9-11,15-18,21-22,25H,12-14H2,1-8H3/t21-,22+,25?/m1/s1. The van der Waals surface area contributed by atoms with Crippen LogP contribution in [0.15, 0.2) is 18.2 Å². The van der Waals surface area contributed by atoms with E-state index in [2.05, 4.69) is 41.5 Å². The summed E-state index contributed by atoms with van der Waals surface area (Å²) in [7, 11) is -0.396. The predicted octanol–water partition coefficient (Wildman–Crippen LogP) is 5.68. The third-order valence-corrected chi connectivity index (χ3v) is 12.8. The number of carbonyl (C=O) groups is 2. The molecule has 0 spiro atoms. The normalized spacial score (nSPS) is 21.9. The van der Waals surface area contributed by atoms with Gasteiger partial charge in [0.15, 0.2) is 12.6 Å². The van der Waals surface area contributed by atoms with Crippen molar-refractivity contribution in [3.05, 3.63) is 29.3 Å². The number of esters is 1. The molecule has 1 fully saturated rings. The van der Waals surface area contributed by atoms with Crippen LogP contribution in [0.5, 0.6) is 5.75 Å². The Labute approximate surface area is 194 Å². The molecule has 0 N–H and O–H groups in total. The van der Waals surface area contributed by atoms with Crippen LogP contribution in [-0.4, -0.2) is 46.2 Å². The molecule has 1 aliphatic rings. The van der Waals surface area contributed by atoms with E-state index < -0.39 is 14.3 Å². The molecule has 0 saturated carbocycles. The average molecular weight is 465 g/mol. The van der Waals surface area contributed by atoms with Crippen LogP contribution >= 0.6 is 0 Å². The van der Waals surface area contributed by atoms with Gasteiger partial charge in [-0.3, -0.25) is 9.59 Å². The van der Waals surface area contributed by atoms with Crippen LogP contribution in [0, 0.1) is 0 Å². The van der Waals surface area contributed by atoms with Crippen LogP contribution in [0.3, 0.4) is 0 Å². The Morgan fingerprint density at radius 3 is 2.25 bits per heavy atom. The Bertz CT molecular complexity index is 754. The number of aldehydes is 1. The van der Waals surface area contributed by atoms with E-state index >= 15 is 0 Å². The molecule has 0 radical (unpaired) electrons. The maximum atomic E-state index is 11.8. The van der Waals surface area contributed by atoms with Gasteiger partial charge in [-0.2, -0.15) is 0 Å². The number of carbonyl (C=O) groups excluding carboxylic acids is 2. The highest BCUT2D eigenvalue weighted by Gasteiger charge is 2.48. The minimum atomic E-state index is -2.05. The average Bonchev–Trinajstić information content (AvgIpc) is 2.70. The molecule has 6 nitrogen and oxygen atoms in total. The van der Waals surface area contributed by atoms with Gasteiger partial charge in [-0.1, -0.05) is 53.7 Å². The number of ether oxygens (including phenoxy) is 3. The zero-order chi connectivity index (χ0) is 24.1. The number of methoxy groups -OCH3 is 1. The lowest BCUT2D eigenvalue weighted by Crippen LogP contribution is -2.52. The highest BCUT2D eigenvalue weighted by atomic mass is 28.4. The van der Waals surface area contributed by atoms with Crippen LogP contribution in [0.25, 0.3) is 0 Å². The summed E-state index contributed by atoms with van der Waals surface area (Å²) in [6.45, 7) is 15.0. The number of rotatable bonds is 10. The Morgan fingerprint density at radius 2 is 1.75 bits per heavy atom. The molecular weight excluding hydrogens is 424 g/mol. The molecular formula is C25H40O6Si. The van der Waals surface area contributed by atoms with E-state index in [1.165, 1.54) is 6.92 Å². The summed E-state index contributed by atoms with van der Waals surface area (Å²) in [5.74, 6) is -0.174. The Morgan fingerprint density at radius 1 is 1.12 bits per heavy atom. The summed E-state index contributed by atoms with van der Waals surface area (Å²) in [6.07, 6.45) is 2.21. The van der Waals surface area contributed by atoms with E-state index in [0.717, 1.165) is 18.3 Å². The van der Waals surface area contributed by atoms with Crippen molar-refractivity contribution in [2.45, 2.75) is 103 Å². The Kier molecular flexibility index (Phi) is 9.63. The molecule has 1 saturated heterocycles. The first-order valence-corrected chi connectivity index (χ1v) is 13.8. The van der Waals surface area contributed by atoms with E-state index in [4.69, 9.17) is 18.6 Å². The van der Waals surface area contributed by atoms with Gasteiger partial charge in [0.1, 0.15) is 5.75 Å². The maximum absolute atomic E-state index is 11.8. The summed E-state index contributed by atoms with van der Waals surface area (Å²) >= 11 is 0. The van der Waals surface area contributed by atoms with Gasteiger partial charge in [0.05, 0.1) is 17.8 Å². The van der Waals surface area contributed by atoms with Crippen molar-refractivity contribution in [2.75, 3.05) is 7.11 Å². The van der Waals surface area contributed by atoms with Gasteiger partial charge in [-0.25, -0.2) is 0 Å². The largest absolute Gasteiger partial charge is 0.426 e. The topological polar surface area (TPSA) is 71.1 Å². The molecule has 7 heteroatoms. The van der Waals surface area contributed by atoms with Crippen LogP contribution in [-0.2, 0) is 25.1 Å². The van der Waals surface area contributed by atoms with Crippen molar-refractivity contribution in [1.29, 1.82) is 0 Å². The van der Waals surface area contributed by atoms with Crippen LogP contribution < -0.4 is 4.74 Å². The van der Waals surface area contributed by atoms with Gasteiger partial charge in [0.2, 0.25) is 8.32 Å². The molecule has 0 bridgehead atoms. The first-order valence-electron chi connectivity index (χ1n) is 11.7. The van der Waals surface area contributed by atoms with Gasteiger partial charge in [0, 0.05) is 20.5 Å². The first-order chi connectivity index (χ1) is 15.0. The molecule has 1 aromatic rings. The molecule has 2 rings (SSSR count). The third-order valence-electron chi connectivity index (χ3n) is 6.64. The summed E-state index contributed by atoms with van der Waals surface area (Å²) in [4.78, 5) is 23.2. The molecule has 0 aliphatic carbocycles. The van der Waals surface area contributed by atoms with Crippen molar-refractivity contribution in [1.82, 2.24) is 0 Å². The quantitative estimate of drug-likeness (QED) is 0.192. The molecule has 0 aromatic heterocycles. The van der Waals surface area contributed by atoms with Gasteiger partial charge in [-0.15, -0.1) is 0 Å². The lowest BCUT2D eigenvalue weighted by molar-refractivity contribution is -0.201. The first kappa shape index (κ1) is 26.7. The highest BCUT2D eigenvalue weighted by molar-refractivity contribution is 6.77. The van der Waals surface area contributed by atoms with Crippen LogP contribution in [0.1, 0.15) is 77.2 Å². The zero-order valence-corrected chi connectivity index (χ0v) is 21.8. The van der Waals surface area contributed by atoms with Gasteiger partial charge < -0.3 is 18.6 Å². The Hall–Kier alpha value is -1.54. The molecule has 0 amide bonds. The van der Waals surface area contributed by atoms with E-state index in [1.54, 1.807) is 19.2 Å². The number of hydrogen-bond donors (Lipinski definition) is 0. The summed E-state index contributed by atoms with van der Waals surface area (Å²) in [6, 6.07) is 5.30. The van der Waals surface area contributed by atoms with Crippen LogP contribution in [0.2, 0.25) is 16.6 Å². The van der Waals surface area contributed by atoms with E-state index in [9.17, 15) is 9.59 Å². The molecule has 32 heavy (non-hydrogen) atoms. The van der Waals surface area contributed by atoms with Crippen molar-refractivity contribution in [2.24, 2.45) is 0 Å². The fourth-order valence-electron chi connectivity index (χ4n) is 5.40. The minimum absolute atomic E-state index is 0.0360. The molecule has 1 aromatic carbocycles. The summed E-state index contributed by atoms with van der Waals surface area (Å²) < 4.78 is 24.0. The van der Waals surface area contributed by atoms with E-state index in [-0.39, 0.29) is 24.2 Å². The third kappa shape index (κ3) is 6.07. The van der Waals surface area contributed by atoms with Gasteiger partial charge >= 0.3 is 5.97 Å². The zero-order valence-electron chi connectivity index (χ0n) is 20.8. The maximum Gasteiger partial charge on any atom is 0.308 e. The fourth-order valence-corrected chi connectivity index (χ4v) is 11.0. The highest BCUT2D eigenvalue weighted by Crippen LogP contribution is 2.44. The lowest BCUT2D eigenvalue weighted by Gasteiger charge is -2.47. The molecule has 1 unspecified atom stereocenters. The SMILES string of the molecule is COC1C[C@@H](O[Si](C(C)C)(C(C)C)C(C)C)C[C@@H](Cc2cccc(OC(C)=O)c2C=O)O1. The number of benzene rings is 1. The monoisotopic (exact) mass is 464 g/mol. The molecule has 1 aliphatic heterocycles. The van der Waals surface area contributed by atoms with Crippen LogP contribution in [0.4, 0.5) is 0 Å². The second-order valence-electron chi connectivity index (χ2n) is 9.70. The van der Waals surface area contributed by atoms with Gasteiger partial charge in [-0.05, 0) is 41.1 Å². The predicted molar refractivity (Wildman–Crippen MR) is 128 cm³/mol. The van der Waals surface area contributed by atoms with Crippen molar-refractivity contribution >= 4 is 20.6 Å². The molecule has 180 valence electrons. The fraction of sp³-hybridized carbons (Fsp3) is 0.680. The van der Waals surface area contributed by atoms with Gasteiger partial charge in [0.25, 0.3) is 0 Å². The summed E-state index contributed by atoms with van der Waals surface area (Å²) in [5, 5.41) is 0. The Balaban J connectivity index is 2.28. The van der Waals surface area contributed by atoms with E-state index in [1.807, 2.05) is 6.07 Å².